The highest BCUT2D eigenvalue weighted by atomic mass is 35.5. The van der Waals surface area contributed by atoms with Crippen LogP contribution in [0.4, 0.5) is 23.8 Å². The van der Waals surface area contributed by atoms with Crippen LogP contribution >= 0.6 is 11.6 Å². The molecule has 0 aliphatic carbocycles. The van der Waals surface area contributed by atoms with Gasteiger partial charge in [0.1, 0.15) is 11.4 Å². The van der Waals surface area contributed by atoms with E-state index < -0.39 is 17.3 Å². The summed E-state index contributed by atoms with van der Waals surface area (Å²) in [6, 6.07) is 0.288. The van der Waals surface area contributed by atoms with Gasteiger partial charge < -0.3 is 9.80 Å². The second kappa shape index (κ2) is 6.54. The third-order valence-corrected chi connectivity index (χ3v) is 5.59. The summed E-state index contributed by atoms with van der Waals surface area (Å²) in [6.07, 6.45) is -3.05. The molecule has 0 N–H and O–H groups in total. The minimum Gasteiger partial charge on any atom is -0.355 e. The van der Waals surface area contributed by atoms with Crippen LogP contribution in [-0.4, -0.2) is 58.4 Å². The Kier molecular flexibility index (Phi) is 4.78. The highest BCUT2D eigenvalue weighted by Gasteiger charge is 2.57. The van der Waals surface area contributed by atoms with Crippen molar-refractivity contribution >= 4 is 29.4 Å². The van der Waals surface area contributed by atoms with Gasteiger partial charge in [0.15, 0.2) is 0 Å². The van der Waals surface area contributed by atoms with Crippen LogP contribution in [0.5, 0.6) is 0 Å². The third-order valence-electron chi connectivity index (χ3n) is 5.31. The smallest absolute Gasteiger partial charge is 0.355 e. The number of carbonyl (C=O) groups excluding carboxylic acids is 2. The van der Waals surface area contributed by atoms with Gasteiger partial charge in [-0.25, -0.2) is 9.78 Å². The fourth-order valence-electron chi connectivity index (χ4n) is 3.71. The second-order valence-corrected chi connectivity index (χ2v) is 7.56. The molecule has 2 aliphatic rings. The molecular formula is C17H20ClF3N4O2. The Bertz CT molecular complexity index is 776. The topological polar surface area (TPSA) is 56.8 Å². The Hall–Kier alpha value is -2.03. The summed E-state index contributed by atoms with van der Waals surface area (Å²) in [7, 11) is 1.61. The zero-order valence-electron chi connectivity index (χ0n) is 15.2. The lowest BCUT2D eigenvalue weighted by atomic mass is 9.86. The van der Waals surface area contributed by atoms with Gasteiger partial charge in [0.05, 0.1) is 10.6 Å². The predicted octanol–water partition coefficient (Wildman–Crippen LogP) is 3.40. The summed E-state index contributed by atoms with van der Waals surface area (Å²) in [6.45, 7) is 4.27. The van der Waals surface area contributed by atoms with Crippen molar-refractivity contribution in [1.29, 1.82) is 0 Å². The molecule has 0 saturated carbocycles. The molecule has 2 aliphatic heterocycles. The molecule has 3 heterocycles. The number of pyridine rings is 1. The number of aromatic nitrogens is 1. The molecule has 3 rings (SSSR count). The van der Waals surface area contributed by atoms with E-state index in [-0.39, 0.29) is 28.8 Å². The van der Waals surface area contributed by atoms with Crippen molar-refractivity contribution in [2.24, 2.45) is 0 Å². The van der Waals surface area contributed by atoms with E-state index in [4.69, 9.17) is 11.6 Å². The molecule has 27 heavy (non-hydrogen) atoms. The van der Waals surface area contributed by atoms with Crippen molar-refractivity contribution in [3.05, 3.63) is 22.8 Å². The molecule has 148 valence electrons. The van der Waals surface area contributed by atoms with Crippen molar-refractivity contribution in [2.75, 3.05) is 25.0 Å². The number of anilines is 1. The standard InChI is InChI=1S/C17H20ClF3N4O2/c1-10(2)25-14(26)16(23(3)15(25)27)4-6-24(7-5-16)13-12(18)8-11(9-22-13)17(19,20)21/h8-10H,4-7H2,1-3H3. The summed E-state index contributed by atoms with van der Waals surface area (Å²) in [4.78, 5) is 33.7. The normalized spacial score (nSPS) is 20.4. The van der Waals surface area contributed by atoms with E-state index in [0.717, 1.165) is 12.3 Å². The quantitative estimate of drug-likeness (QED) is 0.709. The number of piperidine rings is 1. The zero-order chi connectivity index (χ0) is 20.1. The van der Waals surface area contributed by atoms with E-state index in [2.05, 4.69) is 4.98 Å². The van der Waals surface area contributed by atoms with Gasteiger partial charge in [-0.3, -0.25) is 9.69 Å². The number of hydrogen-bond acceptors (Lipinski definition) is 4. The van der Waals surface area contributed by atoms with Crippen LogP contribution < -0.4 is 4.90 Å². The number of likely N-dealkylation sites (N-methyl/N-ethyl adjacent to an activating group) is 1. The van der Waals surface area contributed by atoms with Crippen LogP contribution in [0.2, 0.25) is 5.02 Å². The van der Waals surface area contributed by atoms with Gasteiger partial charge in [-0.05, 0) is 32.8 Å². The van der Waals surface area contributed by atoms with E-state index in [1.54, 1.807) is 25.8 Å². The molecular weight excluding hydrogens is 385 g/mol. The molecule has 2 saturated heterocycles. The van der Waals surface area contributed by atoms with E-state index in [9.17, 15) is 22.8 Å². The molecule has 2 fully saturated rings. The Balaban J connectivity index is 1.80. The van der Waals surface area contributed by atoms with E-state index in [1.807, 2.05) is 0 Å². The van der Waals surface area contributed by atoms with E-state index in [0.29, 0.717) is 25.9 Å². The molecule has 0 atom stereocenters. The highest BCUT2D eigenvalue weighted by molar-refractivity contribution is 6.33. The number of rotatable bonds is 2. The largest absolute Gasteiger partial charge is 0.417 e. The Morgan fingerprint density at radius 2 is 1.81 bits per heavy atom. The lowest BCUT2D eigenvalue weighted by Gasteiger charge is -2.41. The van der Waals surface area contributed by atoms with Crippen LogP contribution in [0.25, 0.3) is 0 Å². The van der Waals surface area contributed by atoms with E-state index in [1.165, 1.54) is 9.80 Å². The number of urea groups is 1. The zero-order valence-corrected chi connectivity index (χ0v) is 15.9. The number of imide groups is 1. The molecule has 1 spiro atoms. The maximum Gasteiger partial charge on any atom is 0.417 e. The summed E-state index contributed by atoms with van der Waals surface area (Å²) < 4.78 is 38.3. The van der Waals surface area contributed by atoms with Crippen molar-refractivity contribution in [3.63, 3.8) is 0 Å². The first-order valence-corrected chi connectivity index (χ1v) is 8.96. The number of carbonyl (C=O) groups is 2. The van der Waals surface area contributed by atoms with Gasteiger partial charge in [0.2, 0.25) is 0 Å². The molecule has 0 unspecified atom stereocenters. The fraction of sp³-hybridized carbons (Fsp3) is 0.588. The number of hydrogen-bond donors (Lipinski definition) is 0. The maximum atomic E-state index is 12.9. The summed E-state index contributed by atoms with van der Waals surface area (Å²) in [5.74, 6) is 0.0239. The number of amides is 3. The average Bonchev–Trinajstić information content (AvgIpc) is 2.76. The molecule has 0 radical (unpaired) electrons. The fourth-order valence-corrected chi connectivity index (χ4v) is 4.00. The minimum absolute atomic E-state index is 0.0910. The monoisotopic (exact) mass is 404 g/mol. The van der Waals surface area contributed by atoms with Crippen LogP contribution in [-0.2, 0) is 11.0 Å². The maximum absolute atomic E-state index is 12.9. The first kappa shape index (κ1) is 19.7. The first-order chi connectivity index (χ1) is 12.5. The van der Waals surface area contributed by atoms with Gasteiger partial charge in [-0.15, -0.1) is 0 Å². The summed E-state index contributed by atoms with van der Waals surface area (Å²) in [5.41, 5.74) is -1.83. The van der Waals surface area contributed by atoms with Gasteiger partial charge in [0.25, 0.3) is 5.91 Å². The SMILES string of the molecule is CC(C)N1C(=O)N(C)C2(CCN(c3ncc(C(F)(F)F)cc3Cl)CC2)C1=O. The van der Waals surface area contributed by atoms with Crippen LogP contribution in [0.15, 0.2) is 12.3 Å². The van der Waals surface area contributed by atoms with Gasteiger partial charge in [-0.1, -0.05) is 11.6 Å². The van der Waals surface area contributed by atoms with Crippen LogP contribution in [0.3, 0.4) is 0 Å². The molecule has 1 aromatic heterocycles. The third kappa shape index (κ3) is 3.11. The lowest BCUT2D eigenvalue weighted by molar-refractivity contribution is -0.138. The number of halogens is 4. The minimum atomic E-state index is -4.51. The number of nitrogens with zero attached hydrogens (tertiary/aromatic N) is 4. The molecule has 6 nitrogen and oxygen atoms in total. The van der Waals surface area contributed by atoms with Crippen LogP contribution in [0, 0.1) is 0 Å². The molecule has 0 bridgehead atoms. The van der Waals surface area contributed by atoms with Gasteiger partial charge >= 0.3 is 12.2 Å². The molecule has 0 aromatic carbocycles. The number of alkyl halides is 3. The predicted molar refractivity (Wildman–Crippen MR) is 93.6 cm³/mol. The average molecular weight is 405 g/mol. The van der Waals surface area contributed by atoms with Crippen molar-refractivity contribution in [2.45, 2.75) is 44.4 Å². The van der Waals surface area contributed by atoms with Crippen molar-refractivity contribution < 1.29 is 22.8 Å². The van der Waals surface area contributed by atoms with Gasteiger partial charge in [0, 0.05) is 32.4 Å². The Labute approximate surface area is 159 Å². The van der Waals surface area contributed by atoms with Crippen molar-refractivity contribution in [1.82, 2.24) is 14.8 Å². The first-order valence-electron chi connectivity index (χ1n) is 8.58. The summed E-state index contributed by atoms with van der Waals surface area (Å²) in [5, 5.41) is -0.0910. The highest BCUT2D eigenvalue weighted by Crippen LogP contribution is 2.39. The molecule has 1 aromatic rings. The molecule has 3 amide bonds. The van der Waals surface area contributed by atoms with Crippen molar-refractivity contribution in [3.8, 4) is 0 Å². The van der Waals surface area contributed by atoms with Crippen LogP contribution in [0.1, 0.15) is 32.3 Å². The van der Waals surface area contributed by atoms with Gasteiger partial charge in [-0.2, -0.15) is 13.2 Å². The van der Waals surface area contributed by atoms with E-state index >= 15 is 0 Å². The Morgan fingerprint density at radius 3 is 2.26 bits per heavy atom. The second-order valence-electron chi connectivity index (χ2n) is 7.16. The summed E-state index contributed by atoms with van der Waals surface area (Å²) >= 11 is 6.02. The Morgan fingerprint density at radius 1 is 1.22 bits per heavy atom. The lowest BCUT2D eigenvalue weighted by Crippen LogP contribution is -2.55. The molecule has 10 heteroatoms.